The first-order valence-electron chi connectivity index (χ1n) is 4.91. The molecule has 0 atom stereocenters. The molecular formula is C12H10F3NO2. The molecule has 18 heavy (non-hydrogen) atoms. The quantitative estimate of drug-likeness (QED) is 0.496. The van der Waals surface area contributed by atoms with E-state index in [9.17, 15) is 23.1 Å². The van der Waals surface area contributed by atoms with Gasteiger partial charge < -0.3 is 5.11 Å². The van der Waals surface area contributed by atoms with Crippen LogP contribution in [0.15, 0.2) is 35.9 Å². The van der Waals surface area contributed by atoms with Crippen LogP contribution in [0.3, 0.4) is 0 Å². The number of hydrogen-bond acceptors (Lipinski definition) is 3. The maximum atomic E-state index is 12.4. The number of aliphatic hydroxyl groups is 1. The van der Waals surface area contributed by atoms with Gasteiger partial charge >= 0.3 is 6.18 Å². The molecule has 0 aliphatic heterocycles. The molecule has 0 radical (unpaired) electrons. The van der Waals surface area contributed by atoms with Crippen LogP contribution in [0.5, 0.6) is 0 Å². The van der Waals surface area contributed by atoms with Crippen LogP contribution in [0.1, 0.15) is 12.5 Å². The van der Waals surface area contributed by atoms with Gasteiger partial charge in [-0.25, -0.2) is 0 Å². The van der Waals surface area contributed by atoms with Crippen LogP contribution < -0.4 is 0 Å². The number of allylic oxidation sites excluding steroid dienone is 1. The van der Waals surface area contributed by atoms with Crippen LogP contribution in [0.4, 0.5) is 13.2 Å². The van der Waals surface area contributed by atoms with Gasteiger partial charge in [0, 0.05) is 5.56 Å². The van der Waals surface area contributed by atoms with Gasteiger partial charge in [0.25, 0.3) is 0 Å². The highest BCUT2D eigenvalue weighted by atomic mass is 19.4. The van der Waals surface area contributed by atoms with Gasteiger partial charge in [0.15, 0.2) is 11.5 Å². The molecular weight excluding hydrogens is 247 g/mol. The fourth-order valence-corrected chi connectivity index (χ4v) is 1.34. The Labute approximate surface area is 101 Å². The minimum Gasteiger partial charge on any atom is -0.506 e. The van der Waals surface area contributed by atoms with Crippen molar-refractivity contribution < 1.29 is 23.1 Å². The summed E-state index contributed by atoms with van der Waals surface area (Å²) in [6, 6.07) is 7.31. The highest BCUT2D eigenvalue weighted by molar-refractivity contribution is 6.26. The zero-order valence-electron chi connectivity index (χ0n) is 9.38. The molecule has 0 bridgehead atoms. The van der Waals surface area contributed by atoms with Crippen molar-refractivity contribution in [2.24, 2.45) is 0 Å². The number of Topliss-reactive ketones (excluding diaryl/α,β-unsaturated/α-hetero) is 1. The maximum Gasteiger partial charge on any atom is 0.433 e. The SMILES string of the molecule is CC(=O)/C(C(=N)C(F)(F)F)=C(\O)c1ccccc1. The number of carbonyl (C=O) groups is 1. The summed E-state index contributed by atoms with van der Waals surface area (Å²) in [5.41, 5.74) is -2.83. The third-order valence-corrected chi connectivity index (χ3v) is 2.17. The van der Waals surface area contributed by atoms with Crippen molar-refractivity contribution in [3.63, 3.8) is 0 Å². The molecule has 0 saturated carbocycles. The highest BCUT2D eigenvalue weighted by Gasteiger charge is 2.39. The number of alkyl halides is 3. The summed E-state index contributed by atoms with van der Waals surface area (Å²) >= 11 is 0. The predicted octanol–water partition coefficient (Wildman–Crippen LogP) is 3.13. The number of hydrogen-bond donors (Lipinski definition) is 2. The molecule has 0 fully saturated rings. The number of carbonyl (C=O) groups excluding carboxylic acids is 1. The molecule has 1 aromatic rings. The molecule has 0 spiro atoms. The van der Waals surface area contributed by atoms with E-state index >= 15 is 0 Å². The zero-order chi connectivity index (χ0) is 13.9. The third kappa shape index (κ3) is 2.97. The number of halogens is 3. The van der Waals surface area contributed by atoms with Gasteiger partial charge in [-0.2, -0.15) is 13.2 Å². The summed E-state index contributed by atoms with van der Waals surface area (Å²) in [7, 11) is 0. The van der Waals surface area contributed by atoms with E-state index in [1.807, 2.05) is 0 Å². The first kappa shape index (κ1) is 14.0. The van der Waals surface area contributed by atoms with Crippen LogP contribution in [0, 0.1) is 5.41 Å². The average molecular weight is 257 g/mol. The third-order valence-electron chi connectivity index (χ3n) is 2.17. The summed E-state index contributed by atoms with van der Waals surface area (Å²) < 4.78 is 37.2. The van der Waals surface area contributed by atoms with Gasteiger partial charge in [0.05, 0.1) is 5.57 Å². The molecule has 0 aliphatic carbocycles. The monoisotopic (exact) mass is 257 g/mol. The van der Waals surface area contributed by atoms with Gasteiger partial charge in [0.2, 0.25) is 0 Å². The standard InChI is InChI=1S/C12H10F3NO2/c1-7(17)9(11(16)12(13,14)15)10(18)8-5-3-2-4-6-8/h2-6,16,18H,1H3/b10-9+,16-11?. The molecule has 1 rings (SSSR count). The fourth-order valence-electron chi connectivity index (χ4n) is 1.34. The Bertz CT molecular complexity index is 504. The normalized spacial score (nSPS) is 12.9. The summed E-state index contributed by atoms with van der Waals surface area (Å²) in [5, 5.41) is 16.6. The molecule has 96 valence electrons. The number of aliphatic hydroxyl groups excluding tert-OH is 1. The van der Waals surface area contributed by atoms with E-state index in [4.69, 9.17) is 5.41 Å². The second kappa shape index (κ2) is 5.03. The van der Waals surface area contributed by atoms with E-state index in [-0.39, 0.29) is 5.56 Å². The van der Waals surface area contributed by atoms with E-state index in [1.54, 1.807) is 6.07 Å². The zero-order valence-corrected chi connectivity index (χ0v) is 9.38. The van der Waals surface area contributed by atoms with Crippen molar-refractivity contribution in [2.75, 3.05) is 0 Å². The lowest BCUT2D eigenvalue weighted by Gasteiger charge is -2.12. The first-order valence-corrected chi connectivity index (χ1v) is 4.91. The second-order valence-corrected chi connectivity index (χ2v) is 3.52. The minimum absolute atomic E-state index is 0.0525. The van der Waals surface area contributed by atoms with Crippen molar-refractivity contribution in [3.8, 4) is 0 Å². The topological polar surface area (TPSA) is 61.2 Å². The summed E-state index contributed by atoms with van der Waals surface area (Å²) in [6.45, 7) is 0.870. The summed E-state index contributed by atoms with van der Waals surface area (Å²) in [4.78, 5) is 11.2. The largest absolute Gasteiger partial charge is 0.506 e. The van der Waals surface area contributed by atoms with E-state index in [0.29, 0.717) is 0 Å². The summed E-state index contributed by atoms with van der Waals surface area (Å²) in [5.74, 6) is -1.86. The molecule has 0 amide bonds. The molecule has 3 nitrogen and oxygen atoms in total. The molecule has 0 aromatic heterocycles. The smallest absolute Gasteiger partial charge is 0.433 e. The van der Waals surface area contributed by atoms with E-state index in [2.05, 4.69) is 0 Å². The molecule has 0 heterocycles. The van der Waals surface area contributed by atoms with Crippen LogP contribution in [0.2, 0.25) is 0 Å². The number of rotatable bonds is 3. The Morgan fingerprint density at radius 2 is 1.72 bits per heavy atom. The van der Waals surface area contributed by atoms with E-state index < -0.39 is 29.0 Å². The Morgan fingerprint density at radius 1 is 1.22 bits per heavy atom. The summed E-state index contributed by atoms with van der Waals surface area (Å²) in [6.07, 6.45) is -4.98. The first-order chi connectivity index (χ1) is 8.25. The minimum atomic E-state index is -4.98. The van der Waals surface area contributed by atoms with Crippen LogP contribution in [0.25, 0.3) is 5.76 Å². The lowest BCUT2D eigenvalue weighted by atomic mass is 10.0. The lowest BCUT2D eigenvalue weighted by molar-refractivity contribution is -0.113. The van der Waals surface area contributed by atoms with Crippen LogP contribution >= 0.6 is 0 Å². The van der Waals surface area contributed by atoms with Gasteiger partial charge in [-0.1, -0.05) is 30.3 Å². The van der Waals surface area contributed by atoms with Gasteiger partial charge in [0.1, 0.15) is 5.76 Å². The van der Waals surface area contributed by atoms with E-state index in [1.165, 1.54) is 24.3 Å². The molecule has 0 saturated heterocycles. The molecule has 6 heteroatoms. The number of nitrogens with one attached hydrogen (secondary N) is 1. The lowest BCUT2D eigenvalue weighted by Crippen LogP contribution is -2.27. The van der Waals surface area contributed by atoms with Crippen LogP contribution in [-0.4, -0.2) is 22.8 Å². The van der Waals surface area contributed by atoms with Gasteiger partial charge in [-0.05, 0) is 6.92 Å². The van der Waals surface area contributed by atoms with Gasteiger partial charge in [-0.15, -0.1) is 0 Å². The van der Waals surface area contributed by atoms with Crippen molar-refractivity contribution in [2.45, 2.75) is 13.1 Å². The molecule has 0 aliphatic rings. The average Bonchev–Trinajstić information content (AvgIpc) is 2.28. The van der Waals surface area contributed by atoms with Crippen LogP contribution in [-0.2, 0) is 4.79 Å². The maximum absolute atomic E-state index is 12.4. The Balaban J connectivity index is 3.37. The Hall–Kier alpha value is -2.11. The number of ketones is 1. The molecule has 1 aromatic carbocycles. The van der Waals surface area contributed by atoms with Crippen molar-refractivity contribution >= 4 is 17.3 Å². The fraction of sp³-hybridized carbons (Fsp3) is 0.167. The Morgan fingerprint density at radius 3 is 2.11 bits per heavy atom. The van der Waals surface area contributed by atoms with Crippen molar-refractivity contribution in [1.82, 2.24) is 0 Å². The predicted molar refractivity (Wildman–Crippen MR) is 60.5 cm³/mol. The van der Waals surface area contributed by atoms with E-state index in [0.717, 1.165) is 6.92 Å². The van der Waals surface area contributed by atoms with Crippen molar-refractivity contribution in [3.05, 3.63) is 41.5 Å². The highest BCUT2D eigenvalue weighted by Crippen LogP contribution is 2.26. The van der Waals surface area contributed by atoms with Gasteiger partial charge in [-0.3, -0.25) is 10.2 Å². The van der Waals surface area contributed by atoms with Crippen molar-refractivity contribution in [1.29, 1.82) is 5.41 Å². The Kier molecular flexibility index (Phi) is 3.90. The number of benzene rings is 1. The second-order valence-electron chi connectivity index (χ2n) is 3.52. The molecule has 0 unspecified atom stereocenters. The molecule has 2 N–H and O–H groups in total.